The molecule has 0 radical (unpaired) electrons. The van der Waals surface area contributed by atoms with Crippen molar-refractivity contribution < 1.29 is 9.53 Å². The molecule has 1 aromatic rings. The Morgan fingerprint density at radius 2 is 2.00 bits per heavy atom. The molecule has 0 atom stereocenters. The van der Waals surface area contributed by atoms with Gasteiger partial charge in [0, 0.05) is 23.5 Å². The van der Waals surface area contributed by atoms with Gasteiger partial charge in [0.2, 0.25) is 0 Å². The van der Waals surface area contributed by atoms with Gasteiger partial charge in [0.1, 0.15) is 0 Å². The predicted octanol–water partition coefficient (Wildman–Crippen LogP) is 3.50. The van der Waals surface area contributed by atoms with Crippen LogP contribution in [0.5, 0.6) is 0 Å². The summed E-state index contributed by atoms with van der Waals surface area (Å²) in [4.78, 5) is 14.8. The van der Waals surface area contributed by atoms with Crippen molar-refractivity contribution >= 4 is 21.8 Å². The first kappa shape index (κ1) is 14.1. The maximum absolute atomic E-state index is 12.8. The Balaban J connectivity index is 1.81. The van der Waals surface area contributed by atoms with Crippen LogP contribution in [0, 0.1) is 0 Å². The summed E-state index contributed by atoms with van der Waals surface area (Å²) in [7, 11) is 0. The number of carbonyl (C=O) groups is 1. The standard InChI is InChI=1S/C16H20BrNO2/c17-7-8-18(15-3-1-2-4-15)16(19)12-5-6-13-10-20-11-14(13)9-12/h5-6,9,15H,1-4,7-8,10-11H2. The molecule has 4 heteroatoms. The maximum atomic E-state index is 12.8. The lowest BCUT2D eigenvalue weighted by atomic mass is 10.0. The van der Waals surface area contributed by atoms with Gasteiger partial charge in [0.25, 0.3) is 5.91 Å². The van der Waals surface area contributed by atoms with Crippen molar-refractivity contribution in [3.63, 3.8) is 0 Å². The van der Waals surface area contributed by atoms with Crippen molar-refractivity contribution in [2.24, 2.45) is 0 Å². The molecule has 0 bridgehead atoms. The van der Waals surface area contributed by atoms with Crippen LogP contribution in [0.1, 0.15) is 47.2 Å². The smallest absolute Gasteiger partial charge is 0.254 e. The van der Waals surface area contributed by atoms with Gasteiger partial charge < -0.3 is 9.64 Å². The Bertz CT molecular complexity index is 497. The van der Waals surface area contributed by atoms with E-state index in [1.165, 1.54) is 24.0 Å². The first-order valence-electron chi connectivity index (χ1n) is 7.36. The summed E-state index contributed by atoms with van der Waals surface area (Å²) in [5.74, 6) is 0.172. The number of hydrogen-bond acceptors (Lipinski definition) is 2. The second-order valence-corrected chi connectivity index (χ2v) is 6.40. The number of rotatable bonds is 4. The van der Waals surface area contributed by atoms with Gasteiger partial charge >= 0.3 is 0 Å². The first-order valence-corrected chi connectivity index (χ1v) is 8.48. The average molecular weight is 338 g/mol. The number of amides is 1. The topological polar surface area (TPSA) is 29.5 Å². The van der Waals surface area contributed by atoms with Crippen molar-refractivity contribution in [2.75, 3.05) is 11.9 Å². The van der Waals surface area contributed by atoms with E-state index in [9.17, 15) is 4.79 Å². The lowest BCUT2D eigenvalue weighted by Gasteiger charge is -2.28. The van der Waals surface area contributed by atoms with E-state index in [0.717, 1.165) is 30.3 Å². The van der Waals surface area contributed by atoms with Crippen molar-refractivity contribution in [3.05, 3.63) is 34.9 Å². The first-order chi connectivity index (χ1) is 9.79. The highest BCUT2D eigenvalue weighted by Gasteiger charge is 2.27. The summed E-state index contributed by atoms with van der Waals surface area (Å²) in [6.45, 7) is 2.10. The number of halogens is 1. The van der Waals surface area contributed by atoms with Crippen LogP contribution in [0.15, 0.2) is 18.2 Å². The lowest BCUT2D eigenvalue weighted by Crippen LogP contribution is -2.40. The van der Waals surface area contributed by atoms with E-state index >= 15 is 0 Å². The zero-order valence-corrected chi connectivity index (χ0v) is 13.2. The SMILES string of the molecule is O=C(c1ccc2c(c1)COC2)N(CCBr)C1CCCC1. The largest absolute Gasteiger partial charge is 0.372 e. The van der Waals surface area contributed by atoms with E-state index in [1.807, 2.05) is 18.2 Å². The van der Waals surface area contributed by atoms with E-state index in [4.69, 9.17) is 4.74 Å². The Morgan fingerprint density at radius 3 is 2.75 bits per heavy atom. The summed E-state index contributed by atoms with van der Waals surface area (Å²) in [6.07, 6.45) is 4.78. The highest BCUT2D eigenvalue weighted by molar-refractivity contribution is 9.09. The quantitative estimate of drug-likeness (QED) is 0.787. The lowest BCUT2D eigenvalue weighted by molar-refractivity contribution is 0.0696. The molecule has 2 aliphatic rings. The normalized spacial score (nSPS) is 18.2. The van der Waals surface area contributed by atoms with E-state index in [2.05, 4.69) is 20.8 Å². The Labute approximate surface area is 128 Å². The zero-order valence-electron chi connectivity index (χ0n) is 11.6. The van der Waals surface area contributed by atoms with Gasteiger partial charge in [0.15, 0.2) is 0 Å². The van der Waals surface area contributed by atoms with Gasteiger partial charge in [-0.2, -0.15) is 0 Å². The van der Waals surface area contributed by atoms with Gasteiger partial charge in [-0.15, -0.1) is 0 Å². The fourth-order valence-corrected chi connectivity index (χ4v) is 3.61. The van der Waals surface area contributed by atoms with E-state index in [1.54, 1.807) is 0 Å². The molecule has 0 aromatic heterocycles. The Morgan fingerprint density at radius 1 is 1.25 bits per heavy atom. The number of hydrogen-bond donors (Lipinski definition) is 0. The summed E-state index contributed by atoms with van der Waals surface area (Å²) >= 11 is 3.47. The molecule has 1 saturated carbocycles. The van der Waals surface area contributed by atoms with Crippen LogP contribution in [-0.4, -0.2) is 28.7 Å². The number of ether oxygens (including phenoxy) is 1. The van der Waals surface area contributed by atoms with Gasteiger partial charge in [-0.05, 0) is 36.1 Å². The highest BCUT2D eigenvalue weighted by Crippen LogP contribution is 2.26. The predicted molar refractivity (Wildman–Crippen MR) is 82.0 cm³/mol. The van der Waals surface area contributed by atoms with Gasteiger partial charge in [-0.1, -0.05) is 34.8 Å². The van der Waals surface area contributed by atoms with E-state index < -0.39 is 0 Å². The van der Waals surface area contributed by atoms with Crippen molar-refractivity contribution in [2.45, 2.75) is 44.9 Å². The number of nitrogens with zero attached hydrogens (tertiary/aromatic N) is 1. The third-order valence-electron chi connectivity index (χ3n) is 4.32. The maximum Gasteiger partial charge on any atom is 0.254 e. The van der Waals surface area contributed by atoms with Crippen LogP contribution in [0.2, 0.25) is 0 Å². The van der Waals surface area contributed by atoms with Crippen LogP contribution < -0.4 is 0 Å². The molecule has 1 aliphatic heterocycles. The minimum Gasteiger partial charge on any atom is -0.372 e. The van der Waals surface area contributed by atoms with Crippen molar-refractivity contribution in [3.8, 4) is 0 Å². The molecular weight excluding hydrogens is 318 g/mol. The summed E-state index contributed by atoms with van der Waals surface area (Å²) < 4.78 is 5.43. The van der Waals surface area contributed by atoms with Crippen LogP contribution in [0.4, 0.5) is 0 Å². The van der Waals surface area contributed by atoms with Crippen LogP contribution >= 0.6 is 15.9 Å². The van der Waals surface area contributed by atoms with Gasteiger partial charge in [-0.3, -0.25) is 4.79 Å². The molecule has 1 amide bonds. The molecule has 20 heavy (non-hydrogen) atoms. The molecule has 0 saturated heterocycles. The zero-order chi connectivity index (χ0) is 13.9. The number of carbonyl (C=O) groups excluding carboxylic acids is 1. The van der Waals surface area contributed by atoms with Gasteiger partial charge in [-0.25, -0.2) is 0 Å². The average Bonchev–Trinajstić information content (AvgIpc) is 3.13. The number of fused-ring (bicyclic) bond motifs is 1. The molecule has 108 valence electrons. The molecule has 0 spiro atoms. The van der Waals surface area contributed by atoms with Crippen LogP contribution in [0.25, 0.3) is 0 Å². The minimum absolute atomic E-state index is 0.172. The highest BCUT2D eigenvalue weighted by atomic mass is 79.9. The molecule has 1 fully saturated rings. The molecule has 1 aliphatic carbocycles. The summed E-state index contributed by atoms with van der Waals surface area (Å²) in [6, 6.07) is 6.42. The fourth-order valence-electron chi connectivity index (χ4n) is 3.23. The molecule has 3 nitrogen and oxygen atoms in total. The van der Waals surface area contributed by atoms with E-state index in [0.29, 0.717) is 19.3 Å². The van der Waals surface area contributed by atoms with Crippen molar-refractivity contribution in [1.29, 1.82) is 0 Å². The molecule has 0 N–H and O–H groups in total. The van der Waals surface area contributed by atoms with Gasteiger partial charge in [0.05, 0.1) is 13.2 Å². The Kier molecular flexibility index (Phi) is 4.41. The Hall–Kier alpha value is -0.870. The third kappa shape index (κ3) is 2.77. The fraction of sp³-hybridized carbons (Fsp3) is 0.562. The second-order valence-electron chi connectivity index (χ2n) is 5.60. The van der Waals surface area contributed by atoms with E-state index in [-0.39, 0.29) is 5.91 Å². The van der Waals surface area contributed by atoms with Crippen LogP contribution in [-0.2, 0) is 18.0 Å². The summed E-state index contributed by atoms with van der Waals surface area (Å²) in [5.41, 5.74) is 3.19. The van der Waals surface area contributed by atoms with Crippen LogP contribution in [0.3, 0.4) is 0 Å². The minimum atomic E-state index is 0.172. The molecule has 1 heterocycles. The molecule has 1 aromatic carbocycles. The molecule has 3 rings (SSSR count). The third-order valence-corrected chi connectivity index (χ3v) is 4.67. The monoisotopic (exact) mass is 337 g/mol. The second kappa shape index (κ2) is 6.27. The summed E-state index contributed by atoms with van der Waals surface area (Å²) in [5, 5.41) is 0.837. The molecule has 0 unspecified atom stereocenters. The number of alkyl halides is 1. The number of benzene rings is 1. The van der Waals surface area contributed by atoms with Crippen molar-refractivity contribution in [1.82, 2.24) is 4.90 Å². The molecular formula is C16H20BrNO2.